The minimum Gasteiger partial charge on any atom is -0.317 e. The van der Waals surface area contributed by atoms with E-state index in [1.165, 1.54) is 30.3 Å². The quantitative estimate of drug-likeness (QED) is 0.251. The van der Waals surface area contributed by atoms with Gasteiger partial charge >= 0.3 is 0 Å². The minimum absolute atomic E-state index is 0.0784. The van der Waals surface area contributed by atoms with Crippen LogP contribution in [0.2, 0.25) is 0 Å². The Balaban J connectivity index is 2.26. The number of nitrogens with one attached hydrogen (secondary N) is 2. The van der Waals surface area contributed by atoms with Crippen LogP contribution in [-0.2, 0) is 4.79 Å². The number of hydrogen-bond acceptors (Lipinski definition) is 5. The van der Waals surface area contributed by atoms with Crippen LogP contribution < -0.4 is 16.6 Å². The van der Waals surface area contributed by atoms with Gasteiger partial charge in [0.15, 0.2) is 0 Å². The lowest BCUT2D eigenvalue weighted by Gasteiger charge is -2.09. The summed E-state index contributed by atoms with van der Waals surface area (Å²) in [6.07, 6.45) is 1.37. The molecule has 2 aromatic rings. The summed E-state index contributed by atoms with van der Waals surface area (Å²) in [4.78, 5) is 34.1. The smallest absolute Gasteiger partial charge is 0.281 e. The Morgan fingerprint density at radius 3 is 2.21 bits per heavy atom. The molecule has 0 unspecified atom stereocenters. The van der Waals surface area contributed by atoms with Crippen molar-refractivity contribution in [1.29, 1.82) is 0 Å². The van der Waals surface area contributed by atoms with Crippen LogP contribution in [0, 0.1) is 10.1 Å². The van der Waals surface area contributed by atoms with Crippen LogP contribution in [0.1, 0.15) is 15.9 Å². The molecule has 0 saturated carbocycles. The van der Waals surface area contributed by atoms with Crippen LogP contribution in [0.25, 0.3) is 6.08 Å². The lowest BCUT2D eigenvalue weighted by Crippen LogP contribution is -2.38. The van der Waals surface area contributed by atoms with Crippen molar-refractivity contribution in [1.82, 2.24) is 10.7 Å². The highest BCUT2D eigenvalue weighted by atomic mass is 16.6. The van der Waals surface area contributed by atoms with E-state index in [1.807, 2.05) is 5.43 Å². The number of benzene rings is 2. The Morgan fingerprint density at radius 1 is 1.04 bits per heavy atom. The van der Waals surface area contributed by atoms with Crippen LogP contribution in [0.15, 0.2) is 60.3 Å². The number of nitrogens with two attached hydrogens (primary N) is 1. The molecule has 0 radical (unpaired) electrons. The van der Waals surface area contributed by atoms with Gasteiger partial charge in [-0.1, -0.05) is 18.2 Å². The van der Waals surface area contributed by atoms with Gasteiger partial charge in [-0.25, -0.2) is 5.84 Å². The molecule has 0 aliphatic rings. The van der Waals surface area contributed by atoms with Crippen molar-refractivity contribution in [2.45, 2.75) is 0 Å². The zero-order valence-corrected chi connectivity index (χ0v) is 12.4. The molecule has 0 aliphatic heterocycles. The molecule has 0 atom stereocenters. The first kappa shape index (κ1) is 16.8. The molecule has 122 valence electrons. The van der Waals surface area contributed by atoms with E-state index in [9.17, 15) is 19.7 Å². The van der Waals surface area contributed by atoms with E-state index in [4.69, 9.17) is 5.84 Å². The van der Waals surface area contributed by atoms with E-state index in [2.05, 4.69) is 5.32 Å². The lowest BCUT2D eigenvalue weighted by molar-refractivity contribution is -0.384. The molecule has 0 aliphatic carbocycles. The van der Waals surface area contributed by atoms with Crippen molar-refractivity contribution < 1.29 is 14.5 Å². The zero-order chi connectivity index (χ0) is 17.5. The molecule has 24 heavy (non-hydrogen) atoms. The van der Waals surface area contributed by atoms with Gasteiger partial charge in [0.25, 0.3) is 17.5 Å². The molecule has 0 spiro atoms. The van der Waals surface area contributed by atoms with Crippen LogP contribution in [-0.4, -0.2) is 16.7 Å². The first-order chi connectivity index (χ1) is 11.5. The Hall–Kier alpha value is -3.52. The van der Waals surface area contributed by atoms with Crippen molar-refractivity contribution >= 4 is 23.6 Å². The predicted octanol–water partition coefficient (Wildman–Crippen LogP) is 1.36. The first-order valence-electron chi connectivity index (χ1n) is 6.85. The van der Waals surface area contributed by atoms with Gasteiger partial charge in [0.2, 0.25) is 0 Å². The SMILES string of the molecule is NNC(=O)/C(=C\c1ccc([N+](=O)[O-])cc1)NC(=O)c1ccccc1. The van der Waals surface area contributed by atoms with Crippen molar-refractivity contribution in [3.05, 3.63) is 81.5 Å². The Kier molecular flexibility index (Phi) is 5.37. The summed E-state index contributed by atoms with van der Waals surface area (Å²) < 4.78 is 0. The van der Waals surface area contributed by atoms with Crippen molar-refractivity contribution in [2.24, 2.45) is 5.84 Å². The maximum absolute atomic E-state index is 12.1. The van der Waals surface area contributed by atoms with E-state index in [0.717, 1.165) is 0 Å². The largest absolute Gasteiger partial charge is 0.317 e. The standard InChI is InChI=1S/C16H14N4O4/c17-19-16(22)14(18-15(21)12-4-2-1-3-5-12)10-11-6-8-13(9-7-11)20(23)24/h1-10H,17H2,(H,18,21)(H,19,22)/b14-10+. The van der Waals surface area contributed by atoms with Crippen molar-refractivity contribution in [3.8, 4) is 0 Å². The number of carbonyl (C=O) groups excluding carboxylic acids is 2. The molecule has 8 nitrogen and oxygen atoms in total. The third-order valence-corrected chi connectivity index (χ3v) is 3.07. The Morgan fingerprint density at radius 2 is 1.67 bits per heavy atom. The van der Waals surface area contributed by atoms with Gasteiger partial charge in [-0.2, -0.15) is 0 Å². The monoisotopic (exact) mass is 326 g/mol. The van der Waals surface area contributed by atoms with Gasteiger partial charge in [-0.05, 0) is 35.9 Å². The van der Waals surface area contributed by atoms with Crippen LogP contribution in [0.4, 0.5) is 5.69 Å². The third kappa shape index (κ3) is 4.24. The molecule has 2 aromatic carbocycles. The number of nitrogens with zero attached hydrogens (tertiary/aromatic N) is 1. The molecule has 0 fully saturated rings. The van der Waals surface area contributed by atoms with Gasteiger partial charge in [-0.15, -0.1) is 0 Å². The lowest BCUT2D eigenvalue weighted by atomic mass is 10.1. The summed E-state index contributed by atoms with van der Waals surface area (Å²) in [7, 11) is 0. The predicted molar refractivity (Wildman–Crippen MR) is 87.3 cm³/mol. The third-order valence-electron chi connectivity index (χ3n) is 3.07. The van der Waals surface area contributed by atoms with E-state index in [-0.39, 0.29) is 11.4 Å². The number of amides is 2. The second kappa shape index (κ2) is 7.65. The van der Waals surface area contributed by atoms with Gasteiger partial charge in [0.1, 0.15) is 5.70 Å². The number of carbonyl (C=O) groups is 2. The normalized spacial score (nSPS) is 10.8. The highest BCUT2D eigenvalue weighted by Gasteiger charge is 2.13. The Bertz CT molecular complexity index is 785. The molecule has 8 heteroatoms. The summed E-state index contributed by atoms with van der Waals surface area (Å²) in [6, 6.07) is 13.8. The van der Waals surface area contributed by atoms with Crippen LogP contribution in [0.3, 0.4) is 0 Å². The Labute approximate surface area is 137 Å². The van der Waals surface area contributed by atoms with Crippen LogP contribution >= 0.6 is 0 Å². The summed E-state index contributed by atoms with van der Waals surface area (Å²) in [5.74, 6) is 3.95. The number of hydrazine groups is 1. The molecule has 2 rings (SSSR count). The molecular weight excluding hydrogens is 312 g/mol. The van der Waals surface area contributed by atoms with Crippen molar-refractivity contribution in [2.75, 3.05) is 0 Å². The average molecular weight is 326 g/mol. The van der Waals surface area contributed by atoms with Gasteiger partial charge in [-0.3, -0.25) is 25.1 Å². The zero-order valence-electron chi connectivity index (χ0n) is 12.4. The van der Waals surface area contributed by atoms with E-state index in [0.29, 0.717) is 11.1 Å². The van der Waals surface area contributed by atoms with E-state index in [1.54, 1.807) is 30.3 Å². The minimum atomic E-state index is -0.697. The highest BCUT2D eigenvalue weighted by molar-refractivity contribution is 6.05. The molecule has 0 saturated heterocycles. The van der Waals surface area contributed by atoms with E-state index < -0.39 is 16.7 Å². The number of nitro groups is 1. The molecule has 0 bridgehead atoms. The first-order valence-corrected chi connectivity index (χ1v) is 6.85. The molecule has 0 aromatic heterocycles. The summed E-state index contributed by atoms with van der Waals surface area (Å²) >= 11 is 0. The summed E-state index contributed by atoms with van der Waals surface area (Å²) in [5, 5.41) is 13.1. The molecule has 2 amide bonds. The highest BCUT2D eigenvalue weighted by Crippen LogP contribution is 2.14. The number of nitro benzene ring substituents is 1. The molecular formula is C16H14N4O4. The van der Waals surface area contributed by atoms with Gasteiger partial charge < -0.3 is 5.32 Å². The second-order valence-corrected chi connectivity index (χ2v) is 4.70. The van der Waals surface area contributed by atoms with Crippen LogP contribution in [0.5, 0.6) is 0 Å². The fourth-order valence-corrected chi connectivity index (χ4v) is 1.88. The fraction of sp³-hybridized carbons (Fsp3) is 0. The van der Waals surface area contributed by atoms with E-state index >= 15 is 0 Å². The molecule has 4 N–H and O–H groups in total. The number of non-ortho nitro benzene ring substituents is 1. The topological polar surface area (TPSA) is 127 Å². The average Bonchev–Trinajstić information content (AvgIpc) is 2.61. The molecule has 0 heterocycles. The summed E-state index contributed by atoms with van der Waals surface area (Å²) in [6.45, 7) is 0. The van der Waals surface area contributed by atoms with Gasteiger partial charge in [0, 0.05) is 17.7 Å². The maximum Gasteiger partial charge on any atom is 0.281 e. The second-order valence-electron chi connectivity index (χ2n) is 4.70. The van der Waals surface area contributed by atoms with Gasteiger partial charge in [0.05, 0.1) is 4.92 Å². The maximum atomic E-state index is 12.1. The summed E-state index contributed by atoms with van der Waals surface area (Å²) in [5.41, 5.74) is 2.65. The van der Waals surface area contributed by atoms with Crippen molar-refractivity contribution in [3.63, 3.8) is 0 Å². The number of hydrogen-bond donors (Lipinski definition) is 3. The fourth-order valence-electron chi connectivity index (χ4n) is 1.88. The number of rotatable bonds is 5.